The van der Waals surface area contributed by atoms with Crippen molar-refractivity contribution < 1.29 is 9.26 Å². The Hall–Kier alpha value is -1.72. The maximum absolute atomic E-state index is 8.71. The van der Waals surface area contributed by atoms with Crippen molar-refractivity contribution >= 4 is 23.2 Å². The molecule has 2 bridgehead atoms. The molecule has 146 valence electrons. The number of ether oxygens (including phenoxy) is 1. The van der Waals surface area contributed by atoms with E-state index in [9.17, 15) is 0 Å². The molecule has 5 rings (SSSR count). The summed E-state index contributed by atoms with van der Waals surface area (Å²) in [6.07, 6.45) is 5.35. The van der Waals surface area contributed by atoms with Crippen LogP contribution in [0.3, 0.4) is 0 Å². The van der Waals surface area contributed by atoms with E-state index < -0.39 is 0 Å². The van der Waals surface area contributed by atoms with E-state index >= 15 is 0 Å². The second-order valence-corrected chi connectivity index (χ2v) is 8.91. The van der Waals surface area contributed by atoms with Gasteiger partial charge in [0.15, 0.2) is 0 Å². The second kappa shape index (κ2) is 7.27. The van der Waals surface area contributed by atoms with E-state index in [1.807, 2.05) is 18.2 Å². The van der Waals surface area contributed by atoms with Gasteiger partial charge in [0.2, 0.25) is 0 Å². The molecular weight excluding hydrogens is 399 g/mol. The van der Waals surface area contributed by atoms with Gasteiger partial charge in [-0.15, -0.1) is 0 Å². The number of hydrogen-bond donors (Lipinski definition) is 0. The number of halogens is 2. The van der Waals surface area contributed by atoms with Gasteiger partial charge in [0, 0.05) is 28.0 Å². The predicted molar refractivity (Wildman–Crippen MR) is 106 cm³/mol. The minimum atomic E-state index is 0.130. The lowest BCUT2D eigenvalue weighted by Gasteiger charge is -2.25. The summed E-state index contributed by atoms with van der Waals surface area (Å²) in [6.45, 7) is 0.437. The fourth-order valence-corrected chi connectivity index (χ4v) is 5.42. The summed E-state index contributed by atoms with van der Waals surface area (Å²) in [5, 5.41) is 9.37. The number of aromatic nitrogens is 1. The van der Waals surface area contributed by atoms with E-state index in [0.717, 1.165) is 43.4 Å². The number of hydrogen-bond acceptors (Lipinski definition) is 4. The molecular formula is C20H20Cl2N4O2. The topological polar surface area (TPSA) is 84.0 Å². The molecule has 6 nitrogen and oxygen atoms in total. The smallest absolute Gasteiger partial charge is 0.145 e. The van der Waals surface area contributed by atoms with E-state index in [0.29, 0.717) is 45.7 Å². The first-order valence-corrected chi connectivity index (χ1v) is 10.5. The molecule has 0 radical (unpaired) electrons. The quantitative estimate of drug-likeness (QED) is 0.304. The Kier molecular flexibility index (Phi) is 4.76. The maximum Gasteiger partial charge on any atom is 0.145 e. The Bertz CT molecular complexity index is 931. The Balaban J connectivity index is 1.38. The van der Waals surface area contributed by atoms with Crippen molar-refractivity contribution in [3.8, 4) is 11.3 Å². The zero-order chi connectivity index (χ0) is 19.3. The van der Waals surface area contributed by atoms with Gasteiger partial charge < -0.3 is 9.26 Å². The summed E-state index contributed by atoms with van der Waals surface area (Å²) in [6, 6.07) is 5.57. The first kappa shape index (κ1) is 18.3. The Labute approximate surface area is 172 Å². The van der Waals surface area contributed by atoms with Crippen LogP contribution in [0.1, 0.15) is 49.3 Å². The van der Waals surface area contributed by atoms with Crippen LogP contribution in [0.5, 0.6) is 0 Å². The van der Waals surface area contributed by atoms with Crippen molar-refractivity contribution in [1.82, 2.24) is 5.16 Å². The lowest BCUT2D eigenvalue weighted by molar-refractivity contribution is 0.00226. The van der Waals surface area contributed by atoms with Crippen molar-refractivity contribution in [1.29, 1.82) is 0 Å². The van der Waals surface area contributed by atoms with Gasteiger partial charge in [-0.05, 0) is 61.6 Å². The van der Waals surface area contributed by atoms with Crippen LogP contribution < -0.4 is 0 Å². The molecule has 1 aromatic heterocycles. The summed E-state index contributed by atoms with van der Waals surface area (Å²) >= 11 is 12.8. The molecule has 1 aromatic carbocycles. The van der Waals surface area contributed by atoms with Crippen molar-refractivity contribution in [2.75, 3.05) is 0 Å². The van der Waals surface area contributed by atoms with Gasteiger partial charge in [-0.1, -0.05) is 39.5 Å². The highest BCUT2D eigenvalue weighted by atomic mass is 35.5. The molecule has 28 heavy (non-hydrogen) atoms. The Morgan fingerprint density at radius 3 is 2.61 bits per heavy atom. The molecule has 3 aliphatic carbocycles. The third-order valence-corrected chi connectivity index (χ3v) is 6.99. The monoisotopic (exact) mass is 418 g/mol. The molecule has 1 heterocycles. The van der Waals surface area contributed by atoms with Crippen LogP contribution in [0.15, 0.2) is 27.8 Å². The summed E-state index contributed by atoms with van der Waals surface area (Å²) in [5.41, 5.74) is 11.1. The van der Waals surface area contributed by atoms with Crippen LogP contribution in [-0.2, 0) is 11.3 Å². The van der Waals surface area contributed by atoms with E-state index in [1.165, 1.54) is 0 Å². The van der Waals surface area contributed by atoms with Crippen LogP contribution in [0, 0.1) is 11.8 Å². The summed E-state index contributed by atoms with van der Waals surface area (Å²) in [4.78, 5) is 2.99. The zero-order valence-electron chi connectivity index (χ0n) is 15.2. The maximum atomic E-state index is 8.71. The molecule has 3 saturated carbocycles. The average Bonchev–Trinajstić information content (AvgIpc) is 3.14. The molecule has 0 aliphatic heterocycles. The Morgan fingerprint density at radius 2 is 1.96 bits per heavy atom. The third kappa shape index (κ3) is 3.18. The lowest BCUT2D eigenvalue weighted by atomic mass is 9.93. The molecule has 0 N–H and O–H groups in total. The largest absolute Gasteiger partial charge is 0.373 e. The van der Waals surface area contributed by atoms with E-state index in [4.69, 9.17) is 38.0 Å². The standard InChI is InChI=1S/C20H20Cl2N4O2/c21-14-2-1-3-15(22)18(14)19-13(20(28-25-19)10-4-5-10)9-27-17-8-11-6-12(17)7-16(11)24-26-23/h1-3,10-12,16-17H,4-9H2/t11-,12-,16-,17-/m0/s1. The first-order chi connectivity index (χ1) is 13.7. The van der Waals surface area contributed by atoms with Crippen LogP contribution in [0.4, 0.5) is 0 Å². The third-order valence-electron chi connectivity index (χ3n) is 6.36. The highest BCUT2D eigenvalue weighted by Crippen LogP contribution is 2.49. The van der Waals surface area contributed by atoms with E-state index in [2.05, 4.69) is 15.2 Å². The molecule has 0 spiro atoms. The fourth-order valence-electron chi connectivity index (χ4n) is 4.84. The van der Waals surface area contributed by atoms with Crippen LogP contribution >= 0.6 is 23.2 Å². The molecule has 4 atom stereocenters. The van der Waals surface area contributed by atoms with Crippen LogP contribution in [-0.4, -0.2) is 17.3 Å². The van der Waals surface area contributed by atoms with Gasteiger partial charge >= 0.3 is 0 Å². The van der Waals surface area contributed by atoms with Crippen LogP contribution in [0.25, 0.3) is 21.7 Å². The molecule has 3 aliphatic rings. The SMILES string of the molecule is [N-]=[N+]=N[C@H]1C[C@@H]2C[C@H]1C[C@@H]2OCc1c(-c2c(Cl)cccc2Cl)noc1C1CC1. The van der Waals surface area contributed by atoms with Crippen molar-refractivity contribution in [2.24, 2.45) is 17.0 Å². The molecule has 2 aromatic rings. The van der Waals surface area contributed by atoms with E-state index in [-0.39, 0.29) is 12.1 Å². The number of azide groups is 1. The minimum Gasteiger partial charge on any atom is -0.373 e. The first-order valence-electron chi connectivity index (χ1n) is 9.74. The number of benzene rings is 1. The van der Waals surface area contributed by atoms with Gasteiger partial charge in [-0.25, -0.2) is 0 Å². The van der Waals surface area contributed by atoms with Crippen molar-refractivity contribution in [2.45, 2.75) is 56.8 Å². The molecule has 0 amide bonds. The summed E-state index contributed by atoms with van der Waals surface area (Å²) < 4.78 is 12.1. The minimum absolute atomic E-state index is 0.130. The number of fused-ring (bicyclic) bond motifs is 2. The zero-order valence-corrected chi connectivity index (χ0v) is 16.7. The average molecular weight is 419 g/mol. The lowest BCUT2D eigenvalue weighted by Crippen LogP contribution is -2.26. The normalized spacial score (nSPS) is 28.5. The second-order valence-electron chi connectivity index (χ2n) is 8.09. The van der Waals surface area contributed by atoms with Crippen molar-refractivity contribution in [3.05, 3.63) is 50.0 Å². The highest BCUT2D eigenvalue weighted by molar-refractivity contribution is 6.39. The summed E-state index contributed by atoms with van der Waals surface area (Å²) in [7, 11) is 0. The molecule has 0 saturated heterocycles. The Morgan fingerprint density at radius 1 is 1.18 bits per heavy atom. The van der Waals surface area contributed by atoms with Gasteiger partial charge in [-0.3, -0.25) is 0 Å². The van der Waals surface area contributed by atoms with Crippen LogP contribution in [0.2, 0.25) is 10.0 Å². The number of nitrogens with zero attached hydrogens (tertiary/aromatic N) is 4. The summed E-state index contributed by atoms with van der Waals surface area (Å²) in [5.74, 6) is 2.21. The predicted octanol–water partition coefficient (Wildman–Crippen LogP) is 6.52. The highest BCUT2D eigenvalue weighted by Gasteiger charge is 2.46. The van der Waals surface area contributed by atoms with Gasteiger partial charge in [-0.2, -0.15) is 0 Å². The van der Waals surface area contributed by atoms with Gasteiger partial charge in [0.25, 0.3) is 0 Å². The van der Waals surface area contributed by atoms with E-state index in [1.54, 1.807) is 0 Å². The molecule has 0 unspecified atom stereocenters. The van der Waals surface area contributed by atoms with Crippen molar-refractivity contribution in [3.63, 3.8) is 0 Å². The van der Waals surface area contributed by atoms with Gasteiger partial charge in [0.05, 0.1) is 22.8 Å². The fraction of sp³-hybridized carbons (Fsp3) is 0.550. The molecule has 3 fully saturated rings. The number of rotatable bonds is 6. The molecule has 8 heteroatoms. The van der Waals surface area contributed by atoms with Gasteiger partial charge in [0.1, 0.15) is 11.5 Å².